The number of alkyl halides is 2. The van der Waals surface area contributed by atoms with Crippen LogP contribution in [-0.4, -0.2) is 4.98 Å². The summed E-state index contributed by atoms with van der Waals surface area (Å²) in [5, 5.41) is 0. The predicted octanol–water partition coefficient (Wildman–Crippen LogP) is 1.66. The van der Waals surface area contributed by atoms with Crippen LogP contribution in [0.25, 0.3) is 0 Å². The average Bonchev–Trinajstić information content (AvgIpc) is 2.04. The van der Waals surface area contributed by atoms with E-state index in [4.69, 9.17) is 11.5 Å². The van der Waals surface area contributed by atoms with E-state index in [1.54, 1.807) is 0 Å². The molecule has 0 spiro atoms. The number of hydrogen-bond donors (Lipinski definition) is 2. The largest absolute Gasteiger partial charge is 0.398 e. The SMILES string of the molecule is NCc1c(I)ncc(C(F)F)c1N. The molecule has 0 aliphatic rings. The molecule has 0 aromatic carbocycles. The van der Waals surface area contributed by atoms with Gasteiger partial charge in [-0.2, -0.15) is 0 Å². The van der Waals surface area contributed by atoms with Crippen molar-refractivity contribution in [3.05, 3.63) is 21.0 Å². The van der Waals surface area contributed by atoms with Crippen LogP contribution in [0.2, 0.25) is 0 Å². The average molecular weight is 299 g/mol. The van der Waals surface area contributed by atoms with Gasteiger partial charge >= 0.3 is 0 Å². The maximum absolute atomic E-state index is 12.3. The highest BCUT2D eigenvalue weighted by atomic mass is 127. The standard InChI is InChI=1S/C7H8F2IN3/c8-6(9)4-2-13-7(10)3(1-11)5(4)12/h2,6H,1,11H2,(H2,12,13). The van der Waals surface area contributed by atoms with E-state index in [1.807, 2.05) is 22.6 Å². The van der Waals surface area contributed by atoms with E-state index in [0.29, 0.717) is 9.26 Å². The lowest BCUT2D eigenvalue weighted by molar-refractivity contribution is 0.151. The van der Waals surface area contributed by atoms with E-state index in [0.717, 1.165) is 6.20 Å². The molecule has 1 rings (SSSR count). The van der Waals surface area contributed by atoms with Crippen LogP contribution >= 0.6 is 22.6 Å². The van der Waals surface area contributed by atoms with Crippen molar-refractivity contribution < 1.29 is 8.78 Å². The number of pyridine rings is 1. The van der Waals surface area contributed by atoms with E-state index in [1.165, 1.54) is 0 Å². The predicted molar refractivity (Wildman–Crippen MR) is 54.2 cm³/mol. The molecule has 4 N–H and O–H groups in total. The van der Waals surface area contributed by atoms with E-state index in [9.17, 15) is 8.78 Å². The van der Waals surface area contributed by atoms with Crippen LogP contribution in [0.4, 0.5) is 14.5 Å². The Hall–Kier alpha value is -0.500. The van der Waals surface area contributed by atoms with Gasteiger partial charge in [-0.1, -0.05) is 0 Å². The Bertz CT molecular complexity index is 317. The lowest BCUT2D eigenvalue weighted by Crippen LogP contribution is -2.08. The van der Waals surface area contributed by atoms with Gasteiger partial charge in [0, 0.05) is 24.0 Å². The second kappa shape index (κ2) is 4.14. The zero-order valence-corrected chi connectivity index (χ0v) is 8.76. The van der Waals surface area contributed by atoms with E-state index in [2.05, 4.69) is 4.98 Å². The number of rotatable bonds is 2. The molecule has 0 radical (unpaired) electrons. The van der Waals surface area contributed by atoms with Gasteiger partial charge in [-0.25, -0.2) is 13.8 Å². The monoisotopic (exact) mass is 299 g/mol. The summed E-state index contributed by atoms with van der Waals surface area (Å²) in [6, 6.07) is 0. The van der Waals surface area contributed by atoms with Gasteiger partial charge in [0.05, 0.1) is 5.56 Å². The Morgan fingerprint density at radius 2 is 2.15 bits per heavy atom. The molecule has 0 saturated carbocycles. The Balaban J connectivity index is 3.27. The molecule has 3 nitrogen and oxygen atoms in total. The first-order valence-electron chi connectivity index (χ1n) is 3.49. The minimum Gasteiger partial charge on any atom is -0.398 e. The first-order valence-corrected chi connectivity index (χ1v) is 4.56. The minimum absolute atomic E-state index is 0.0527. The van der Waals surface area contributed by atoms with Gasteiger partial charge in [0.25, 0.3) is 6.43 Å². The van der Waals surface area contributed by atoms with Crippen molar-refractivity contribution in [3.63, 3.8) is 0 Å². The van der Waals surface area contributed by atoms with Crippen molar-refractivity contribution in [3.8, 4) is 0 Å². The molecule has 0 aliphatic heterocycles. The highest BCUT2D eigenvalue weighted by molar-refractivity contribution is 14.1. The van der Waals surface area contributed by atoms with Crippen LogP contribution < -0.4 is 11.5 Å². The van der Waals surface area contributed by atoms with Crippen LogP contribution in [0.3, 0.4) is 0 Å². The van der Waals surface area contributed by atoms with Gasteiger partial charge < -0.3 is 11.5 Å². The molecule has 1 aromatic heterocycles. The molecule has 0 saturated heterocycles. The number of nitrogen functional groups attached to an aromatic ring is 1. The number of nitrogens with two attached hydrogens (primary N) is 2. The molecule has 1 aromatic rings. The molecular weight excluding hydrogens is 291 g/mol. The van der Waals surface area contributed by atoms with E-state index >= 15 is 0 Å². The highest BCUT2D eigenvalue weighted by Gasteiger charge is 2.16. The van der Waals surface area contributed by atoms with Crippen molar-refractivity contribution in [1.82, 2.24) is 4.98 Å². The van der Waals surface area contributed by atoms with Crippen molar-refractivity contribution in [2.75, 3.05) is 5.73 Å². The number of hydrogen-bond acceptors (Lipinski definition) is 3. The Morgan fingerprint density at radius 1 is 1.54 bits per heavy atom. The summed E-state index contributed by atoms with van der Waals surface area (Å²) < 4.78 is 25.2. The molecule has 13 heavy (non-hydrogen) atoms. The third-order valence-corrected chi connectivity index (χ3v) is 2.57. The van der Waals surface area contributed by atoms with Crippen LogP contribution in [0.15, 0.2) is 6.20 Å². The first kappa shape index (κ1) is 10.6. The van der Waals surface area contributed by atoms with E-state index in [-0.39, 0.29) is 17.8 Å². The molecule has 72 valence electrons. The quantitative estimate of drug-likeness (QED) is 0.645. The lowest BCUT2D eigenvalue weighted by Gasteiger charge is -2.09. The van der Waals surface area contributed by atoms with Gasteiger partial charge in [-0.05, 0) is 22.6 Å². The lowest BCUT2D eigenvalue weighted by atomic mass is 10.1. The number of nitrogens with zero attached hydrogens (tertiary/aromatic N) is 1. The fraction of sp³-hybridized carbons (Fsp3) is 0.286. The third kappa shape index (κ3) is 2.05. The smallest absolute Gasteiger partial charge is 0.267 e. The van der Waals surface area contributed by atoms with Gasteiger partial charge in [0.2, 0.25) is 0 Å². The highest BCUT2D eigenvalue weighted by Crippen LogP contribution is 2.28. The molecule has 0 bridgehead atoms. The molecule has 0 amide bonds. The van der Waals surface area contributed by atoms with Crippen molar-refractivity contribution in [1.29, 1.82) is 0 Å². The number of anilines is 1. The fourth-order valence-electron chi connectivity index (χ4n) is 0.927. The normalized spacial score (nSPS) is 10.8. The number of halogens is 3. The Morgan fingerprint density at radius 3 is 2.62 bits per heavy atom. The molecular formula is C7H8F2IN3. The molecule has 0 aliphatic carbocycles. The topological polar surface area (TPSA) is 64.9 Å². The van der Waals surface area contributed by atoms with Crippen LogP contribution in [-0.2, 0) is 6.54 Å². The van der Waals surface area contributed by atoms with Crippen LogP contribution in [0.1, 0.15) is 17.6 Å². The summed E-state index contributed by atoms with van der Waals surface area (Å²) >= 11 is 1.91. The van der Waals surface area contributed by atoms with Crippen LogP contribution in [0, 0.1) is 3.70 Å². The second-order valence-electron chi connectivity index (χ2n) is 2.40. The zero-order valence-electron chi connectivity index (χ0n) is 6.60. The number of aromatic nitrogens is 1. The molecule has 0 unspecified atom stereocenters. The van der Waals surface area contributed by atoms with Crippen molar-refractivity contribution in [2.24, 2.45) is 5.73 Å². The van der Waals surface area contributed by atoms with Gasteiger partial charge in [0.15, 0.2) is 0 Å². The Kier molecular flexibility index (Phi) is 3.37. The summed E-state index contributed by atoms with van der Waals surface area (Å²) in [6.07, 6.45) is -1.52. The maximum atomic E-state index is 12.3. The van der Waals surface area contributed by atoms with Crippen molar-refractivity contribution >= 4 is 28.3 Å². The van der Waals surface area contributed by atoms with Gasteiger partial charge in [-0.3, -0.25) is 0 Å². The second-order valence-corrected chi connectivity index (χ2v) is 3.42. The fourth-order valence-corrected chi connectivity index (χ4v) is 1.58. The molecule has 6 heteroatoms. The van der Waals surface area contributed by atoms with Crippen molar-refractivity contribution in [2.45, 2.75) is 13.0 Å². The zero-order chi connectivity index (χ0) is 10.0. The maximum Gasteiger partial charge on any atom is 0.267 e. The first-order chi connectivity index (χ1) is 6.07. The van der Waals surface area contributed by atoms with Gasteiger partial charge in [0.1, 0.15) is 3.70 Å². The van der Waals surface area contributed by atoms with Gasteiger partial charge in [-0.15, -0.1) is 0 Å². The molecule has 1 heterocycles. The summed E-state index contributed by atoms with van der Waals surface area (Å²) in [7, 11) is 0. The summed E-state index contributed by atoms with van der Waals surface area (Å²) in [6.45, 7) is 0.123. The Labute approximate surface area is 87.7 Å². The minimum atomic E-state index is -2.60. The summed E-state index contributed by atoms with van der Waals surface area (Å²) in [5.41, 5.74) is 11.1. The summed E-state index contributed by atoms with van der Waals surface area (Å²) in [5.74, 6) is 0. The molecule has 0 fully saturated rings. The third-order valence-electron chi connectivity index (χ3n) is 1.64. The van der Waals surface area contributed by atoms with E-state index < -0.39 is 6.43 Å². The summed E-state index contributed by atoms with van der Waals surface area (Å²) in [4.78, 5) is 3.78. The molecule has 0 atom stereocenters. The van der Waals surface area contributed by atoms with Crippen LogP contribution in [0.5, 0.6) is 0 Å².